The summed E-state index contributed by atoms with van der Waals surface area (Å²) in [5.74, 6) is 5.50. The van der Waals surface area contributed by atoms with E-state index in [1.807, 2.05) is 18.2 Å². The van der Waals surface area contributed by atoms with Crippen LogP contribution in [-0.4, -0.2) is 17.6 Å². The van der Waals surface area contributed by atoms with Crippen LogP contribution in [0.4, 0.5) is 5.69 Å². The average molecular weight is 255 g/mol. The predicted molar refractivity (Wildman–Crippen MR) is 71.7 cm³/mol. The molecule has 1 aromatic heterocycles. The molecule has 0 spiro atoms. The molecule has 1 aromatic carbocycles. The van der Waals surface area contributed by atoms with Crippen molar-refractivity contribution in [3.63, 3.8) is 0 Å². The molecule has 2 N–H and O–H groups in total. The van der Waals surface area contributed by atoms with Gasteiger partial charge in [-0.25, -0.2) is 0 Å². The summed E-state index contributed by atoms with van der Waals surface area (Å²) < 4.78 is 4.87. The van der Waals surface area contributed by atoms with Gasteiger partial charge in [0.25, 0.3) is 5.91 Å². The molecule has 0 atom stereocenters. The topological polar surface area (TPSA) is 62.5 Å². The monoisotopic (exact) mass is 255 g/mol. The molecule has 1 heterocycles. The maximum Gasteiger partial charge on any atom is 0.258 e. The highest BCUT2D eigenvalue weighted by molar-refractivity contribution is 6.04. The van der Waals surface area contributed by atoms with Gasteiger partial charge in [-0.15, -0.1) is 0 Å². The highest BCUT2D eigenvalue weighted by Gasteiger charge is 2.08. The largest absolute Gasteiger partial charge is 0.472 e. The number of furan rings is 1. The molecule has 1 amide bonds. The van der Waals surface area contributed by atoms with Crippen molar-refractivity contribution < 1.29 is 14.3 Å². The summed E-state index contributed by atoms with van der Waals surface area (Å²) in [6, 6.07) is 8.85. The first kappa shape index (κ1) is 12.9. The minimum Gasteiger partial charge on any atom is -0.472 e. The van der Waals surface area contributed by atoms with E-state index in [2.05, 4.69) is 17.2 Å². The van der Waals surface area contributed by atoms with E-state index >= 15 is 0 Å². The number of carbonyl (C=O) groups is 1. The third-order valence-corrected chi connectivity index (χ3v) is 2.42. The molecule has 0 saturated heterocycles. The molecule has 96 valence electrons. The number of amides is 1. The number of para-hydroxylation sites is 1. The van der Waals surface area contributed by atoms with E-state index in [0.29, 0.717) is 23.2 Å². The SMILES string of the molecule is O=C(Nc1ccccc1C#CCCO)c1ccoc1. The van der Waals surface area contributed by atoms with Gasteiger partial charge >= 0.3 is 0 Å². The fourth-order valence-corrected chi connectivity index (χ4v) is 1.50. The molecule has 0 aliphatic rings. The second kappa shape index (κ2) is 6.43. The molecule has 2 aromatic rings. The van der Waals surface area contributed by atoms with Crippen molar-refractivity contribution in [2.24, 2.45) is 0 Å². The lowest BCUT2D eigenvalue weighted by molar-refractivity contribution is 0.102. The van der Waals surface area contributed by atoms with Crippen LogP contribution in [0.15, 0.2) is 47.3 Å². The smallest absolute Gasteiger partial charge is 0.258 e. The van der Waals surface area contributed by atoms with Crippen LogP contribution < -0.4 is 5.32 Å². The molecule has 2 rings (SSSR count). The molecule has 0 unspecified atom stereocenters. The summed E-state index contributed by atoms with van der Waals surface area (Å²) in [7, 11) is 0. The van der Waals surface area contributed by atoms with E-state index in [4.69, 9.17) is 9.52 Å². The number of hydrogen-bond donors (Lipinski definition) is 2. The summed E-state index contributed by atoms with van der Waals surface area (Å²) in [6.07, 6.45) is 3.24. The van der Waals surface area contributed by atoms with Gasteiger partial charge in [-0.2, -0.15) is 0 Å². The number of anilines is 1. The Labute approximate surface area is 111 Å². The third kappa shape index (κ3) is 3.47. The zero-order valence-corrected chi connectivity index (χ0v) is 10.2. The normalized spacial score (nSPS) is 9.53. The average Bonchev–Trinajstić information content (AvgIpc) is 2.95. The first-order valence-corrected chi connectivity index (χ1v) is 5.83. The van der Waals surface area contributed by atoms with E-state index < -0.39 is 0 Å². The van der Waals surface area contributed by atoms with Gasteiger partial charge in [0.2, 0.25) is 0 Å². The van der Waals surface area contributed by atoms with E-state index in [-0.39, 0.29) is 12.5 Å². The fourth-order valence-electron chi connectivity index (χ4n) is 1.50. The maximum absolute atomic E-state index is 11.9. The van der Waals surface area contributed by atoms with Crippen molar-refractivity contribution >= 4 is 11.6 Å². The van der Waals surface area contributed by atoms with Gasteiger partial charge in [-0.05, 0) is 18.2 Å². The zero-order valence-electron chi connectivity index (χ0n) is 10.2. The number of hydrogen-bond acceptors (Lipinski definition) is 3. The molecule has 0 bridgehead atoms. The Morgan fingerprint density at radius 1 is 1.32 bits per heavy atom. The van der Waals surface area contributed by atoms with E-state index in [1.54, 1.807) is 12.1 Å². The van der Waals surface area contributed by atoms with Crippen LogP contribution in [0.5, 0.6) is 0 Å². The van der Waals surface area contributed by atoms with E-state index in [0.717, 1.165) is 0 Å². The van der Waals surface area contributed by atoms with Crippen LogP contribution in [0.2, 0.25) is 0 Å². The highest BCUT2D eigenvalue weighted by atomic mass is 16.3. The Morgan fingerprint density at radius 3 is 2.89 bits per heavy atom. The van der Waals surface area contributed by atoms with Crippen LogP contribution in [-0.2, 0) is 0 Å². The van der Waals surface area contributed by atoms with E-state index in [9.17, 15) is 4.79 Å². The Morgan fingerprint density at radius 2 is 2.16 bits per heavy atom. The summed E-state index contributed by atoms with van der Waals surface area (Å²) in [5.41, 5.74) is 1.81. The molecule has 0 radical (unpaired) electrons. The molecular formula is C15H13NO3. The first-order chi connectivity index (χ1) is 9.31. The Bertz CT molecular complexity index is 606. The van der Waals surface area contributed by atoms with Gasteiger partial charge in [0.05, 0.1) is 24.1 Å². The zero-order chi connectivity index (χ0) is 13.5. The van der Waals surface area contributed by atoms with Crippen LogP contribution in [0.1, 0.15) is 22.3 Å². The summed E-state index contributed by atoms with van der Waals surface area (Å²) >= 11 is 0. The number of rotatable bonds is 3. The standard InChI is InChI=1S/C15H13NO3/c17-9-4-3-6-12-5-1-2-7-14(12)16-15(18)13-8-10-19-11-13/h1-2,5,7-8,10-11,17H,4,9H2,(H,16,18). The van der Waals surface area contributed by atoms with Crippen molar-refractivity contribution in [2.45, 2.75) is 6.42 Å². The van der Waals surface area contributed by atoms with Crippen molar-refractivity contribution in [2.75, 3.05) is 11.9 Å². The molecule has 0 aliphatic heterocycles. The maximum atomic E-state index is 11.9. The Kier molecular flexibility index (Phi) is 4.38. The number of aliphatic hydroxyl groups is 1. The van der Waals surface area contributed by atoms with Gasteiger partial charge in [0, 0.05) is 12.0 Å². The van der Waals surface area contributed by atoms with Crippen LogP contribution >= 0.6 is 0 Å². The first-order valence-electron chi connectivity index (χ1n) is 5.83. The molecule has 4 nitrogen and oxygen atoms in total. The fraction of sp³-hybridized carbons (Fsp3) is 0.133. The van der Waals surface area contributed by atoms with Gasteiger partial charge in [0.15, 0.2) is 0 Å². The molecular weight excluding hydrogens is 242 g/mol. The van der Waals surface area contributed by atoms with Crippen molar-refractivity contribution in [3.8, 4) is 11.8 Å². The lowest BCUT2D eigenvalue weighted by atomic mass is 10.1. The van der Waals surface area contributed by atoms with Crippen molar-refractivity contribution in [3.05, 3.63) is 54.0 Å². The van der Waals surface area contributed by atoms with Gasteiger partial charge in [-0.3, -0.25) is 4.79 Å². The number of carbonyl (C=O) groups excluding carboxylic acids is 1. The number of nitrogens with one attached hydrogen (secondary N) is 1. The number of benzene rings is 1. The third-order valence-electron chi connectivity index (χ3n) is 2.42. The second-order valence-electron chi connectivity index (χ2n) is 3.79. The Hall–Kier alpha value is -2.51. The summed E-state index contributed by atoms with van der Waals surface area (Å²) in [5, 5.41) is 11.5. The lowest BCUT2D eigenvalue weighted by Gasteiger charge is -2.05. The Balaban J connectivity index is 2.17. The van der Waals surface area contributed by atoms with Crippen LogP contribution in [0.3, 0.4) is 0 Å². The molecule has 0 fully saturated rings. The predicted octanol–water partition coefficient (Wildman–Crippen LogP) is 2.27. The van der Waals surface area contributed by atoms with Crippen LogP contribution in [0, 0.1) is 11.8 Å². The van der Waals surface area contributed by atoms with Gasteiger partial charge in [-0.1, -0.05) is 24.0 Å². The van der Waals surface area contributed by atoms with Gasteiger partial charge < -0.3 is 14.8 Å². The second-order valence-corrected chi connectivity index (χ2v) is 3.79. The lowest BCUT2D eigenvalue weighted by Crippen LogP contribution is -2.11. The summed E-state index contributed by atoms with van der Waals surface area (Å²) in [4.78, 5) is 11.9. The van der Waals surface area contributed by atoms with Crippen LogP contribution in [0.25, 0.3) is 0 Å². The van der Waals surface area contributed by atoms with E-state index in [1.165, 1.54) is 12.5 Å². The highest BCUT2D eigenvalue weighted by Crippen LogP contribution is 2.15. The minimum absolute atomic E-state index is 0.0244. The van der Waals surface area contributed by atoms with Gasteiger partial charge in [0.1, 0.15) is 6.26 Å². The molecule has 0 saturated carbocycles. The minimum atomic E-state index is -0.245. The molecule has 0 aliphatic carbocycles. The summed E-state index contributed by atoms with van der Waals surface area (Å²) in [6.45, 7) is 0.0244. The number of aliphatic hydroxyl groups excluding tert-OH is 1. The molecule has 4 heteroatoms. The van der Waals surface area contributed by atoms with Crippen molar-refractivity contribution in [1.29, 1.82) is 0 Å². The van der Waals surface area contributed by atoms with Crippen molar-refractivity contribution in [1.82, 2.24) is 0 Å². The quantitative estimate of drug-likeness (QED) is 0.827. The molecule has 19 heavy (non-hydrogen) atoms.